The fourth-order valence-corrected chi connectivity index (χ4v) is 8.94. The van der Waals surface area contributed by atoms with Crippen molar-refractivity contribution in [2.24, 2.45) is 0 Å². The molecule has 0 amide bonds. The maximum Gasteiger partial charge on any atom is 0.160 e. The summed E-state index contributed by atoms with van der Waals surface area (Å²) in [4.78, 5) is 12.7. The Morgan fingerprint density at radius 2 is 1.02 bits per heavy atom. The minimum absolute atomic E-state index is 0.103. The van der Waals surface area contributed by atoms with E-state index in [1.807, 2.05) is 36.4 Å². The number of aromatic nitrogens is 2. The summed E-state index contributed by atoms with van der Waals surface area (Å²) in [5, 5.41) is 2.09. The van der Waals surface area contributed by atoms with Crippen molar-refractivity contribution in [2.75, 3.05) is 4.90 Å². The maximum atomic E-state index is 6.61. The molecule has 2 aromatic heterocycles. The molecule has 11 rings (SSSR count). The highest BCUT2D eigenvalue weighted by atomic mass is 16.3. The molecule has 0 saturated heterocycles. The monoisotopic (exact) mass is 757 g/mol. The van der Waals surface area contributed by atoms with E-state index in [9.17, 15) is 0 Å². The zero-order chi connectivity index (χ0) is 39.5. The smallest absolute Gasteiger partial charge is 0.160 e. The fourth-order valence-electron chi connectivity index (χ4n) is 8.94. The van der Waals surface area contributed by atoms with Crippen molar-refractivity contribution in [3.63, 3.8) is 0 Å². The van der Waals surface area contributed by atoms with Crippen molar-refractivity contribution in [1.29, 1.82) is 0 Å². The van der Waals surface area contributed by atoms with Crippen LogP contribution >= 0.6 is 0 Å². The maximum absolute atomic E-state index is 6.61. The van der Waals surface area contributed by atoms with E-state index >= 15 is 0 Å². The number of furan rings is 1. The van der Waals surface area contributed by atoms with Crippen LogP contribution in [0.2, 0.25) is 0 Å². The zero-order valence-electron chi connectivity index (χ0n) is 32.8. The van der Waals surface area contributed by atoms with Crippen molar-refractivity contribution in [3.05, 3.63) is 211 Å². The molecular weight excluding hydrogens is 719 g/mol. The van der Waals surface area contributed by atoms with Crippen molar-refractivity contribution >= 4 is 39.0 Å². The predicted molar refractivity (Wildman–Crippen MR) is 243 cm³/mol. The van der Waals surface area contributed by atoms with E-state index in [-0.39, 0.29) is 5.41 Å². The van der Waals surface area contributed by atoms with Crippen LogP contribution in [0.3, 0.4) is 0 Å². The number of benzene rings is 8. The van der Waals surface area contributed by atoms with E-state index in [4.69, 9.17) is 14.4 Å². The van der Waals surface area contributed by atoms with Crippen LogP contribution in [0.15, 0.2) is 205 Å². The van der Waals surface area contributed by atoms with Crippen LogP contribution in [0.1, 0.15) is 25.0 Å². The third-order valence-corrected chi connectivity index (χ3v) is 11.9. The second-order valence-electron chi connectivity index (χ2n) is 15.8. The summed E-state index contributed by atoms with van der Waals surface area (Å²) < 4.78 is 6.61. The Morgan fingerprint density at radius 3 is 1.80 bits per heavy atom. The van der Waals surface area contributed by atoms with Crippen LogP contribution in [-0.4, -0.2) is 9.97 Å². The van der Waals surface area contributed by atoms with Gasteiger partial charge in [-0.1, -0.05) is 153 Å². The molecule has 280 valence electrons. The first kappa shape index (κ1) is 34.7. The summed E-state index contributed by atoms with van der Waals surface area (Å²) in [6.45, 7) is 4.67. The molecule has 59 heavy (non-hydrogen) atoms. The molecule has 4 nitrogen and oxygen atoms in total. The standard InChI is InChI=1S/C55H39N3O/c1-55(2)47-24-14-12-22-43(47)44-31-30-42(34-48(44)55)58(40-20-10-5-11-21-40)41-28-26-36(27-29-41)39-32-46(53-45-23-13-15-25-51(45)59-52(53)33-39)50-35-49(37-16-6-3-7-17-37)56-54(57-50)38-18-8-4-9-19-38/h3-35H,1-2H3. The van der Waals surface area contributed by atoms with Gasteiger partial charge in [-0.2, -0.15) is 0 Å². The quantitative estimate of drug-likeness (QED) is 0.162. The Hall–Kier alpha value is -7.56. The summed E-state index contributed by atoms with van der Waals surface area (Å²) in [6.07, 6.45) is 0. The first-order chi connectivity index (χ1) is 29.0. The Kier molecular flexibility index (Phi) is 8.12. The molecule has 0 atom stereocenters. The number of hydrogen-bond acceptors (Lipinski definition) is 4. The first-order valence-electron chi connectivity index (χ1n) is 20.2. The molecule has 8 aromatic carbocycles. The van der Waals surface area contributed by atoms with Crippen LogP contribution in [0.5, 0.6) is 0 Å². The molecule has 0 bridgehead atoms. The number of hydrogen-bond donors (Lipinski definition) is 0. The van der Waals surface area contributed by atoms with Crippen molar-refractivity contribution < 1.29 is 4.42 Å². The van der Waals surface area contributed by atoms with Crippen LogP contribution in [0.25, 0.3) is 78.1 Å². The summed E-state index contributed by atoms with van der Waals surface area (Å²) >= 11 is 0. The van der Waals surface area contributed by atoms with Gasteiger partial charge in [-0.05, 0) is 94.0 Å². The van der Waals surface area contributed by atoms with E-state index in [0.29, 0.717) is 5.82 Å². The molecule has 0 aliphatic heterocycles. The highest BCUT2D eigenvalue weighted by Gasteiger charge is 2.35. The zero-order valence-corrected chi connectivity index (χ0v) is 32.8. The molecule has 0 spiro atoms. The Balaban J connectivity index is 1.05. The lowest BCUT2D eigenvalue weighted by molar-refractivity contribution is 0.660. The molecule has 1 aliphatic rings. The normalized spacial score (nSPS) is 12.7. The van der Waals surface area contributed by atoms with E-state index in [1.165, 1.54) is 22.3 Å². The Bertz CT molecular complexity index is 3110. The van der Waals surface area contributed by atoms with Gasteiger partial charge in [0.15, 0.2) is 5.82 Å². The van der Waals surface area contributed by atoms with Gasteiger partial charge in [0.25, 0.3) is 0 Å². The van der Waals surface area contributed by atoms with Gasteiger partial charge in [0, 0.05) is 49.9 Å². The average Bonchev–Trinajstić information content (AvgIpc) is 3.79. The molecule has 1 aliphatic carbocycles. The summed E-state index contributed by atoms with van der Waals surface area (Å²) in [7, 11) is 0. The summed E-state index contributed by atoms with van der Waals surface area (Å²) in [6, 6.07) is 70.6. The van der Waals surface area contributed by atoms with Crippen LogP contribution in [0.4, 0.5) is 17.1 Å². The van der Waals surface area contributed by atoms with Crippen molar-refractivity contribution in [2.45, 2.75) is 19.3 Å². The van der Waals surface area contributed by atoms with Gasteiger partial charge in [0.1, 0.15) is 11.2 Å². The van der Waals surface area contributed by atoms with Gasteiger partial charge in [-0.25, -0.2) is 9.97 Å². The molecule has 0 N–H and O–H groups in total. The van der Waals surface area contributed by atoms with Crippen molar-refractivity contribution in [3.8, 4) is 56.2 Å². The molecule has 10 aromatic rings. The molecule has 0 unspecified atom stereocenters. The van der Waals surface area contributed by atoms with Gasteiger partial charge < -0.3 is 9.32 Å². The molecular formula is C55H39N3O. The number of fused-ring (bicyclic) bond motifs is 6. The second kappa shape index (κ2) is 13.8. The van der Waals surface area contributed by atoms with Gasteiger partial charge in [0.2, 0.25) is 0 Å². The lowest BCUT2D eigenvalue weighted by Crippen LogP contribution is -2.16. The van der Waals surface area contributed by atoms with Gasteiger partial charge in [-0.3, -0.25) is 0 Å². The first-order valence-corrected chi connectivity index (χ1v) is 20.2. The summed E-state index contributed by atoms with van der Waals surface area (Å²) in [5.41, 5.74) is 17.0. The average molecular weight is 758 g/mol. The van der Waals surface area contributed by atoms with Crippen LogP contribution in [-0.2, 0) is 5.41 Å². The third-order valence-electron chi connectivity index (χ3n) is 11.9. The lowest BCUT2D eigenvalue weighted by atomic mass is 9.82. The lowest BCUT2D eigenvalue weighted by Gasteiger charge is -2.28. The van der Waals surface area contributed by atoms with Crippen LogP contribution < -0.4 is 4.90 Å². The Morgan fingerprint density at radius 1 is 0.407 bits per heavy atom. The van der Waals surface area contributed by atoms with Gasteiger partial charge in [-0.15, -0.1) is 0 Å². The van der Waals surface area contributed by atoms with E-state index < -0.39 is 0 Å². The third kappa shape index (κ3) is 5.92. The minimum atomic E-state index is -0.103. The second-order valence-corrected chi connectivity index (χ2v) is 15.8. The largest absolute Gasteiger partial charge is 0.456 e. The fraction of sp³-hybridized carbons (Fsp3) is 0.0545. The van der Waals surface area contributed by atoms with Gasteiger partial charge in [0.05, 0.1) is 11.4 Å². The number of nitrogens with zero attached hydrogens (tertiary/aromatic N) is 3. The predicted octanol–water partition coefficient (Wildman–Crippen LogP) is 14.8. The van der Waals surface area contributed by atoms with E-state index in [2.05, 4.69) is 183 Å². The number of rotatable bonds is 7. The molecule has 0 radical (unpaired) electrons. The highest BCUT2D eigenvalue weighted by Crippen LogP contribution is 2.51. The topological polar surface area (TPSA) is 42.2 Å². The highest BCUT2D eigenvalue weighted by molar-refractivity contribution is 6.13. The van der Waals surface area contributed by atoms with Gasteiger partial charge >= 0.3 is 0 Å². The SMILES string of the molecule is CC1(C)c2ccccc2-c2ccc(N(c3ccccc3)c3ccc(-c4cc(-c5cc(-c6ccccc6)nc(-c6ccccc6)n5)c5c(c4)oc4ccccc45)cc3)cc21. The van der Waals surface area contributed by atoms with Crippen LogP contribution in [0, 0.1) is 0 Å². The minimum Gasteiger partial charge on any atom is -0.456 e. The molecule has 0 saturated carbocycles. The Labute approximate surface area is 343 Å². The van der Waals surface area contributed by atoms with E-state index in [0.717, 1.165) is 78.2 Å². The number of anilines is 3. The van der Waals surface area contributed by atoms with Crippen molar-refractivity contribution in [1.82, 2.24) is 9.97 Å². The molecule has 2 heterocycles. The molecule has 0 fully saturated rings. The van der Waals surface area contributed by atoms with E-state index in [1.54, 1.807) is 0 Å². The summed E-state index contributed by atoms with van der Waals surface area (Å²) in [5.74, 6) is 0.678. The molecule has 4 heteroatoms. The number of para-hydroxylation sites is 2.